The Morgan fingerprint density at radius 1 is 1.50 bits per heavy atom. The van der Waals surface area contributed by atoms with Gasteiger partial charge in [-0.2, -0.15) is 0 Å². The first-order chi connectivity index (χ1) is 7.58. The number of nitro groups is 1. The summed E-state index contributed by atoms with van der Waals surface area (Å²) in [7, 11) is 1.81. The number of hydrogen-bond donors (Lipinski definition) is 1. The zero-order valence-corrected chi connectivity index (χ0v) is 8.81. The Kier molecular flexibility index (Phi) is 2.74. The van der Waals surface area contributed by atoms with Crippen LogP contribution in [0.5, 0.6) is 0 Å². The van der Waals surface area contributed by atoms with Gasteiger partial charge in [-0.15, -0.1) is 0 Å². The number of nitrogens with one attached hydrogen (secondary N) is 1. The lowest BCUT2D eigenvalue weighted by atomic mass is 10.1. The van der Waals surface area contributed by atoms with Gasteiger partial charge >= 0.3 is 0 Å². The summed E-state index contributed by atoms with van der Waals surface area (Å²) < 4.78 is 13.2. The third-order valence-electron chi connectivity index (χ3n) is 2.79. The molecule has 1 aliphatic heterocycles. The van der Waals surface area contributed by atoms with Crippen molar-refractivity contribution in [3.05, 3.63) is 34.1 Å². The number of halogens is 1. The van der Waals surface area contributed by atoms with E-state index in [-0.39, 0.29) is 11.7 Å². The number of benzene rings is 1. The second kappa shape index (κ2) is 4.05. The lowest BCUT2D eigenvalue weighted by Crippen LogP contribution is -2.56. The Bertz CT molecular complexity index is 421. The maximum Gasteiger partial charge on any atom is 0.274 e. The highest BCUT2D eigenvalue weighted by molar-refractivity contribution is 5.54. The van der Waals surface area contributed by atoms with Gasteiger partial charge in [-0.05, 0) is 6.07 Å². The van der Waals surface area contributed by atoms with E-state index >= 15 is 0 Å². The molecule has 16 heavy (non-hydrogen) atoms. The number of hydrogen-bond acceptors (Lipinski definition) is 4. The van der Waals surface area contributed by atoms with Crippen LogP contribution in [0.2, 0.25) is 0 Å². The van der Waals surface area contributed by atoms with Gasteiger partial charge in [0.25, 0.3) is 5.69 Å². The molecule has 0 aliphatic carbocycles. The summed E-state index contributed by atoms with van der Waals surface area (Å²) in [6.45, 7) is 1.64. The first-order valence-electron chi connectivity index (χ1n) is 4.96. The van der Waals surface area contributed by atoms with Gasteiger partial charge < -0.3 is 10.2 Å². The van der Waals surface area contributed by atoms with Crippen LogP contribution >= 0.6 is 0 Å². The van der Waals surface area contributed by atoms with Gasteiger partial charge in [0.15, 0.2) is 0 Å². The highest BCUT2D eigenvalue weighted by Crippen LogP contribution is 2.24. The minimum Gasteiger partial charge on any atom is -0.369 e. The van der Waals surface area contributed by atoms with Gasteiger partial charge in [-0.25, -0.2) is 4.39 Å². The zero-order valence-electron chi connectivity index (χ0n) is 8.81. The number of likely N-dealkylation sites (N-methyl/N-ethyl adjacent to an activating group) is 1. The summed E-state index contributed by atoms with van der Waals surface area (Å²) in [5, 5.41) is 13.7. The molecule has 0 saturated carbocycles. The zero-order chi connectivity index (χ0) is 11.7. The molecule has 0 radical (unpaired) electrons. The molecule has 5 nitrogen and oxygen atoms in total. The molecule has 0 unspecified atom stereocenters. The lowest BCUT2D eigenvalue weighted by Gasteiger charge is -2.37. The fraction of sp³-hybridized carbons (Fsp3) is 0.400. The van der Waals surface area contributed by atoms with Crippen molar-refractivity contribution < 1.29 is 9.31 Å². The largest absolute Gasteiger partial charge is 0.369 e. The van der Waals surface area contributed by atoms with Crippen LogP contribution in [0.25, 0.3) is 0 Å². The molecule has 1 saturated heterocycles. The van der Waals surface area contributed by atoms with Gasteiger partial charge in [0.1, 0.15) is 5.82 Å². The molecule has 86 valence electrons. The van der Waals surface area contributed by atoms with Gasteiger partial charge in [0.05, 0.1) is 17.0 Å². The van der Waals surface area contributed by atoms with Crippen molar-refractivity contribution in [2.45, 2.75) is 6.04 Å². The molecule has 1 N–H and O–H groups in total. The Morgan fingerprint density at radius 3 is 2.69 bits per heavy atom. The third-order valence-corrected chi connectivity index (χ3v) is 2.79. The number of nitrogens with zero attached hydrogens (tertiary/aromatic N) is 2. The topological polar surface area (TPSA) is 58.4 Å². The lowest BCUT2D eigenvalue weighted by molar-refractivity contribution is -0.385. The molecule has 1 fully saturated rings. The van der Waals surface area contributed by atoms with Crippen LogP contribution in [-0.2, 0) is 0 Å². The van der Waals surface area contributed by atoms with Gasteiger partial charge in [-0.1, -0.05) is 0 Å². The number of rotatable bonds is 3. The molecule has 0 amide bonds. The molecule has 2 rings (SSSR count). The van der Waals surface area contributed by atoms with Crippen molar-refractivity contribution in [1.29, 1.82) is 0 Å². The molecule has 6 heteroatoms. The van der Waals surface area contributed by atoms with Crippen LogP contribution in [0, 0.1) is 15.9 Å². The predicted octanol–water partition coefficient (Wildman–Crippen LogP) is 1.14. The first-order valence-corrected chi connectivity index (χ1v) is 4.96. The highest BCUT2D eigenvalue weighted by atomic mass is 19.1. The molecule has 1 aliphatic rings. The molecule has 0 bridgehead atoms. The van der Waals surface area contributed by atoms with E-state index in [1.54, 1.807) is 0 Å². The van der Waals surface area contributed by atoms with Crippen molar-refractivity contribution in [2.24, 2.45) is 0 Å². The highest BCUT2D eigenvalue weighted by Gasteiger charge is 2.23. The Morgan fingerprint density at radius 2 is 2.19 bits per heavy atom. The maximum atomic E-state index is 13.2. The molecule has 1 aromatic rings. The van der Waals surface area contributed by atoms with Crippen molar-refractivity contribution in [3.63, 3.8) is 0 Å². The van der Waals surface area contributed by atoms with Crippen molar-refractivity contribution >= 4 is 11.4 Å². The van der Waals surface area contributed by atoms with E-state index in [4.69, 9.17) is 0 Å². The summed E-state index contributed by atoms with van der Waals surface area (Å²) in [4.78, 5) is 11.9. The maximum absolute atomic E-state index is 13.2. The summed E-state index contributed by atoms with van der Waals surface area (Å²) in [5.74, 6) is -0.580. The number of non-ortho nitro benzene ring substituents is 1. The molecule has 1 aromatic carbocycles. The fourth-order valence-electron chi connectivity index (χ4n) is 1.63. The molecule has 1 heterocycles. The van der Waals surface area contributed by atoms with Crippen molar-refractivity contribution in [1.82, 2.24) is 5.32 Å². The molecule has 0 atom stereocenters. The van der Waals surface area contributed by atoms with E-state index in [1.807, 2.05) is 11.9 Å². The molecular formula is C10H12FN3O2. The normalized spacial score (nSPS) is 15.6. The summed E-state index contributed by atoms with van der Waals surface area (Å²) in [6.07, 6.45) is 0. The summed E-state index contributed by atoms with van der Waals surface area (Å²) in [6, 6.07) is 3.91. The van der Waals surface area contributed by atoms with Crippen LogP contribution in [-0.4, -0.2) is 31.1 Å². The van der Waals surface area contributed by atoms with E-state index in [0.717, 1.165) is 19.2 Å². The standard InChI is InChI=1S/C10H12FN3O2/c1-13(10-5-12-6-10)8-2-7(11)3-9(4-8)14(15)16/h2-4,10,12H,5-6H2,1H3. The fourth-order valence-corrected chi connectivity index (χ4v) is 1.63. The number of anilines is 1. The van der Waals surface area contributed by atoms with Gasteiger partial charge in [0.2, 0.25) is 0 Å². The average molecular weight is 225 g/mol. The van der Waals surface area contributed by atoms with Gasteiger partial charge in [-0.3, -0.25) is 10.1 Å². The minimum absolute atomic E-state index is 0.214. The smallest absolute Gasteiger partial charge is 0.274 e. The Hall–Kier alpha value is -1.69. The quantitative estimate of drug-likeness (QED) is 0.619. The van der Waals surface area contributed by atoms with Crippen LogP contribution in [0.1, 0.15) is 0 Å². The van der Waals surface area contributed by atoms with Crippen molar-refractivity contribution in [3.8, 4) is 0 Å². The average Bonchev–Trinajstić information content (AvgIpc) is 2.13. The van der Waals surface area contributed by atoms with Crippen LogP contribution in [0.4, 0.5) is 15.8 Å². The SMILES string of the molecule is CN(c1cc(F)cc([N+](=O)[O-])c1)C1CNC1. The van der Waals surface area contributed by atoms with E-state index in [0.29, 0.717) is 5.69 Å². The monoisotopic (exact) mass is 225 g/mol. The van der Waals surface area contributed by atoms with Crippen molar-refractivity contribution in [2.75, 3.05) is 25.0 Å². The summed E-state index contributed by atoms with van der Waals surface area (Å²) >= 11 is 0. The van der Waals surface area contributed by atoms with Crippen LogP contribution in [0.15, 0.2) is 18.2 Å². The third kappa shape index (κ3) is 1.96. The second-order valence-electron chi connectivity index (χ2n) is 3.85. The minimum atomic E-state index is -0.584. The van der Waals surface area contributed by atoms with E-state index in [2.05, 4.69) is 5.32 Å². The summed E-state index contributed by atoms with van der Waals surface area (Å²) in [5.41, 5.74) is 0.326. The second-order valence-corrected chi connectivity index (χ2v) is 3.85. The van der Waals surface area contributed by atoms with E-state index in [9.17, 15) is 14.5 Å². The Labute approximate surface area is 92.0 Å². The van der Waals surface area contributed by atoms with Gasteiger partial charge in [0, 0.05) is 31.9 Å². The van der Waals surface area contributed by atoms with E-state index in [1.165, 1.54) is 12.1 Å². The Balaban J connectivity index is 2.28. The molecule has 0 aromatic heterocycles. The predicted molar refractivity (Wildman–Crippen MR) is 58.1 cm³/mol. The molecule has 0 spiro atoms. The molecular weight excluding hydrogens is 213 g/mol. The van der Waals surface area contributed by atoms with Crippen LogP contribution < -0.4 is 10.2 Å². The van der Waals surface area contributed by atoms with Crippen LogP contribution in [0.3, 0.4) is 0 Å². The van der Waals surface area contributed by atoms with E-state index < -0.39 is 10.7 Å². The first kappa shape index (κ1) is 10.8. The number of nitro benzene ring substituents is 1.